The molecule has 4 atom stereocenters. The maximum Gasteiger partial charge on any atom is 0.451 e. The Morgan fingerprint density at radius 1 is 0.605 bits per heavy atom. The fourth-order valence-electron chi connectivity index (χ4n) is 7.35. The first kappa shape index (κ1) is 61.5. The number of halogens is 14. The van der Waals surface area contributed by atoms with Crippen LogP contribution in [0, 0.1) is 35.3 Å². The van der Waals surface area contributed by atoms with Crippen LogP contribution in [-0.2, 0) is 31.5 Å². The van der Waals surface area contributed by atoms with Crippen LogP contribution in [0.15, 0.2) is 73.3 Å². The monoisotopic (exact) mass is 1170 g/mol. The number of ether oxygens (including phenoxy) is 2. The molecule has 6 N–H and O–H groups in total. The molecule has 6 heterocycles. The predicted molar refractivity (Wildman–Crippen MR) is 253 cm³/mol. The van der Waals surface area contributed by atoms with Gasteiger partial charge in [0.1, 0.15) is 40.3 Å². The molecule has 2 aliphatic heterocycles. The number of nitrogen functional groups attached to an aromatic ring is 1. The Labute approximate surface area is 447 Å². The van der Waals surface area contributed by atoms with Crippen LogP contribution in [0.25, 0.3) is 33.9 Å². The molecule has 3 amide bonds. The van der Waals surface area contributed by atoms with Crippen LogP contribution in [0.4, 0.5) is 73.1 Å². The van der Waals surface area contributed by atoms with E-state index in [0.29, 0.717) is 0 Å². The van der Waals surface area contributed by atoms with Crippen LogP contribution in [0.2, 0.25) is 0 Å². The van der Waals surface area contributed by atoms with Crippen molar-refractivity contribution in [2.75, 3.05) is 24.1 Å². The number of hydrogen-bond donors (Lipinski definition) is 5. The average molecular weight is 1170 g/mol. The lowest BCUT2D eigenvalue weighted by atomic mass is 9.97. The van der Waals surface area contributed by atoms with Gasteiger partial charge in [0, 0.05) is 54.4 Å². The van der Waals surface area contributed by atoms with Crippen molar-refractivity contribution in [3.8, 4) is 45.4 Å². The van der Waals surface area contributed by atoms with Crippen molar-refractivity contribution in [3.63, 3.8) is 0 Å². The fraction of sp³-hybridized carbons (Fsp3) is 0.375. The quantitative estimate of drug-likeness (QED) is 0.0761. The van der Waals surface area contributed by atoms with E-state index in [1.54, 1.807) is 13.8 Å². The first-order valence-corrected chi connectivity index (χ1v) is 23.2. The van der Waals surface area contributed by atoms with Gasteiger partial charge < -0.3 is 36.3 Å². The van der Waals surface area contributed by atoms with E-state index < -0.39 is 100 Å². The molecule has 2 aromatic carbocycles. The molecule has 2 saturated heterocycles. The number of anilines is 2. The Morgan fingerprint density at radius 3 is 1.33 bits per heavy atom. The second kappa shape index (κ2) is 22.8. The summed E-state index contributed by atoms with van der Waals surface area (Å²) < 4.78 is 197. The molecule has 6 aromatic rings. The number of carbonyl (C=O) groups is 4. The lowest BCUT2D eigenvalue weighted by Gasteiger charge is -2.29. The third kappa shape index (κ3) is 14.6. The Kier molecular flexibility index (Phi) is 17.3. The summed E-state index contributed by atoms with van der Waals surface area (Å²) in [6.45, 7) is 6.56. The molecule has 0 radical (unpaired) electrons. The van der Waals surface area contributed by atoms with Gasteiger partial charge in [-0.15, -0.1) is 10.2 Å². The number of carboxylic acid groups (broad SMARTS) is 1. The number of hydrogen-bond acceptors (Lipinski definition) is 13. The lowest BCUT2D eigenvalue weighted by Crippen LogP contribution is -2.44. The summed E-state index contributed by atoms with van der Waals surface area (Å²) in [6, 6.07) is 8.07. The van der Waals surface area contributed by atoms with Gasteiger partial charge in [-0.3, -0.25) is 19.2 Å². The Morgan fingerprint density at radius 2 is 0.988 bits per heavy atom. The highest BCUT2D eigenvalue weighted by Gasteiger charge is 2.51. The molecule has 81 heavy (non-hydrogen) atoms. The molecule has 2 aliphatic rings. The highest BCUT2D eigenvalue weighted by molar-refractivity contribution is 5.98. The summed E-state index contributed by atoms with van der Waals surface area (Å²) in [7, 11) is 0. The van der Waals surface area contributed by atoms with E-state index in [1.807, 2.05) is 0 Å². The van der Waals surface area contributed by atoms with Crippen LogP contribution in [0.1, 0.15) is 53.2 Å². The number of nitrogens with one attached hydrogen (secondary N) is 3. The van der Waals surface area contributed by atoms with Crippen molar-refractivity contribution in [2.45, 2.75) is 77.4 Å². The van der Waals surface area contributed by atoms with E-state index in [0.717, 1.165) is 98.2 Å². The number of nitrogens with zero attached hydrogens (tertiary/aromatic N) is 8. The molecule has 0 aliphatic carbocycles. The molecule has 0 bridgehead atoms. The zero-order valence-electron chi connectivity index (χ0n) is 42.5. The molecule has 33 heteroatoms. The highest BCUT2D eigenvalue weighted by atomic mass is 19.4. The maximum absolute atomic E-state index is 14.6. The summed E-state index contributed by atoms with van der Waals surface area (Å²) in [4.78, 5) is 58.6. The van der Waals surface area contributed by atoms with E-state index >= 15 is 0 Å². The molecule has 0 saturated carbocycles. The summed E-state index contributed by atoms with van der Waals surface area (Å²) >= 11 is 0. The lowest BCUT2D eigenvalue weighted by molar-refractivity contribution is -0.234. The van der Waals surface area contributed by atoms with Crippen molar-refractivity contribution >= 4 is 35.3 Å². The van der Waals surface area contributed by atoms with Crippen molar-refractivity contribution in [3.05, 3.63) is 96.6 Å². The number of amides is 3. The Bertz CT molecular complexity index is 3290. The smallest absolute Gasteiger partial charge is 0.451 e. The van der Waals surface area contributed by atoms with Gasteiger partial charge in [0.25, 0.3) is 0 Å². The normalized spacial score (nSPS) is 17.7. The molecular formula is C48H44F14N12O7. The minimum atomic E-state index is -4.84. The number of carbonyl (C=O) groups excluding carboxylic acids is 3. The second-order valence-corrected chi connectivity index (χ2v) is 18.9. The van der Waals surface area contributed by atoms with Crippen molar-refractivity contribution in [1.82, 2.24) is 50.1 Å². The summed E-state index contributed by atoms with van der Waals surface area (Å²) in [6.07, 6.45) is -15.9. The van der Waals surface area contributed by atoms with Crippen molar-refractivity contribution in [1.29, 1.82) is 0 Å². The summed E-state index contributed by atoms with van der Waals surface area (Å²) in [5, 5.41) is 24.1. The van der Waals surface area contributed by atoms with Gasteiger partial charge in [-0.1, -0.05) is 13.8 Å². The van der Waals surface area contributed by atoms with E-state index in [-0.39, 0.29) is 76.3 Å². The third-order valence-electron chi connectivity index (χ3n) is 12.1. The SMILES string of the molecule is CC(C)(Oc1cc(F)cc(-c2cc(N)nn2-c2cnc(C(F)(F)F)nc2)c1)C(F)(F)F.C[C@H]1C(=O)NC[C@@H]1C(=O)Nc1cc(-c2cc(F)cc(OC(C)(C)C(F)(F)F)c2)n(-c2cnc(C(F)(F)F)nc2)n1.C[C@H]1C(=O)NC[C@@H]1C(=O)O. The number of carboxylic acids is 1. The zero-order chi connectivity index (χ0) is 60.5. The van der Waals surface area contributed by atoms with Crippen LogP contribution >= 0.6 is 0 Å². The van der Waals surface area contributed by atoms with Crippen molar-refractivity contribution in [2.24, 2.45) is 23.7 Å². The van der Waals surface area contributed by atoms with Crippen LogP contribution < -0.4 is 31.2 Å². The molecule has 0 spiro atoms. The number of benzene rings is 2. The molecular weight excluding hydrogens is 1120 g/mol. The minimum absolute atomic E-state index is 0.0112. The van der Waals surface area contributed by atoms with E-state index in [4.69, 9.17) is 20.3 Å². The zero-order valence-corrected chi connectivity index (χ0v) is 42.5. The number of alkyl halides is 12. The van der Waals surface area contributed by atoms with Crippen LogP contribution in [-0.4, -0.2) is 105 Å². The number of aromatic nitrogens is 8. The standard InChI is InChI=1S/C24H21F7N6O3.C18H14F7N5O.C6H9NO3/c1-11-16(10-32-19(11)38)20(39)35-18-7-17(37(36-18)14-8-33-21(34-9-14)23(26,27)28)12-4-13(25)6-15(5-12)40-22(2,3)24(29,30)31;1-16(2,18(23,24)25)31-12-4-9(3-10(19)5-12)13-6-14(26)29-30(13)11-7-27-15(28-8-11)17(20,21)22;1-3-4(6(9)10)2-7-5(3)8/h4-9,11,16H,10H2,1-3H3,(H,32,38)(H,35,36,39);3-8H,1-2H3,(H2,26,29);3-4H,2H2,1H3,(H,7,8)(H,9,10)/t11-,16+;;3-,4+/m1.1/s1. The van der Waals surface area contributed by atoms with E-state index in [2.05, 4.69) is 46.1 Å². The van der Waals surface area contributed by atoms with Gasteiger partial charge in [0.05, 0.1) is 53.9 Å². The molecule has 19 nitrogen and oxygen atoms in total. The number of rotatable bonds is 11. The topological polar surface area (TPSA) is 256 Å². The van der Waals surface area contributed by atoms with Gasteiger partial charge in [-0.25, -0.2) is 38.1 Å². The van der Waals surface area contributed by atoms with Gasteiger partial charge in [0.15, 0.2) is 17.0 Å². The molecule has 8 rings (SSSR count). The fourth-order valence-corrected chi connectivity index (χ4v) is 7.35. The molecule has 0 unspecified atom stereocenters. The van der Waals surface area contributed by atoms with Crippen LogP contribution in [0.5, 0.6) is 11.5 Å². The first-order chi connectivity index (χ1) is 37.3. The van der Waals surface area contributed by atoms with Crippen molar-refractivity contribution < 1.29 is 95.2 Å². The summed E-state index contributed by atoms with van der Waals surface area (Å²) in [5.74, 6) is -10.2. The second-order valence-electron chi connectivity index (χ2n) is 18.9. The van der Waals surface area contributed by atoms with Gasteiger partial charge in [0.2, 0.25) is 29.4 Å². The molecule has 436 valence electrons. The number of nitrogens with two attached hydrogens (primary N) is 1. The largest absolute Gasteiger partial charge is 0.481 e. The predicted octanol–water partition coefficient (Wildman–Crippen LogP) is 8.77. The third-order valence-corrected chi connectivity index (χ3v) is 12.1. The van der Waals surface area contributed by atoms with E-state index in [1.165, 1.54) is 12.1 Å². The Balaban J connectivity index is 0.000000227. The maximum atomic E-state index is 14.6. The average Bonchev–Trinajstić information content (AvgIpc) is 4.17. The summed E-state index contributed by atoms with van der Waals surface area (Å²) in [5.41, 5.74) is 0.106. The van der Waals surface area contributed by atoms with Crippen LogP contribution in [0.3, 0.4) is 0 Å². The highest BCUT2D eigenvalue weighted by Crippen LogP contribution is 2.39. The number of aliphatic carboxylic acids is 1. The minimum Gasteiger partial charge on any atom is -0.481 e. The van der Waals surface area contributed by atoms with Gasteiger partial charge in [-0.2, -0.15) is 52.7 Å². The van der Waals surface area contributed by atoms with Gasteiger partial charge >= 0.3 is 30.7 Å². The van der Waals surface area contributed by atoms with Gasteiger partial charge in [-0.05, 0) is 52.0 Å². The Hall–Kier alpha value is -8.68. The molecule has 4 aromatic heterocycles. The first-order valence-electron chi connectivity index (χ1n) is 23.2. The molecule has 2 fully saturated rings. The van der Waals surface area contributed by atoms with E-state index in [9.17, 15) is 80.6 Å².